The fraction of sp³-hybridized carbons (Fsp3) is 0.294. The van der Waals surface area contributed by atoms with Gasteiger partial charge >= 0.3 is 0 Å². The molecule has 4 heteroatoms. The quantitative estimate of drug-likeness (QED) is 0.940. The number of anilines is 1. The number of nitrogens with one attached hydrogen (secondary N) is 1. The van der Waals surface area contributed by atoms with Gasteiger partial charge in [-0.15, -0.1) is 0 Å². The Morgan fingerprint density at radius 3 is 2.71 bits per heavy atom. The summed E-state index contributed by atoms with van der Waals surface area (Å²) in [7, 11) is 1.86. The number of aromatic nitrogens is 1. The average molecular weight is 281 g/mol. The molecule has 2 atom stereocenters. The van der Waals surface area contributed by atoms with Crippen LogP contribution < -0.4 is 5.32 Å². The number of likely N-dealkylation sites (N-methyl/N-ethyl adjacent to an activating group) is 1. The Labute approximate surface area is 124 Å². The van der Waals surface area contributed by atoms with E-state index in [2.05, 4.69) is 16.4 Å². The SMILES string of the molecule is CC(c1ccncc1)N(C)C(=O)[C@@H]1Cc2ccccc2N1. The highest BCUT2D eigenvalue weighted by Gasteiger charge is 2.30. The van der Waals surface area contributed by atoms with E-state index in [0.29, 0.717) is 0 Å². The van der Waals surface area contributed by atoms with Gasteiger partial charge in [-0.1, -0.05) is 18.2 Å². The lowest BCUT2D eigenvalue weighted by Gasteiger charge is -2.28. The van der Waals surface area contributed by atoms with Crippen LogP contribution in [-0.2, 0) is 11.2 Å². The van der Waals surface area contributed by atoms with Gasteiger partial charge in [-0.2, -0.15) is 0 Å². The number of carbonyl (C=O) groups excluding carboxylic acids is 1. The van der Waals surface area contributed by atoms with E-state index in [1.54, 1.807) is 17.3 Å². The summed E-state index contributed by atoms with van der Waals surface area (Å²) >= 11 is 0. The molecule has 4 nitrogen and oxygen atoms in total. The highest BCUT2D eigenvalue weighted by atomic mass is 16.2. The van der Waals surface area contributed by atoms with Crippen molar-refractivity contribution >= 4 is 11.6 Å². The van der Waals surface area contributed by atoms with Crippen LogP contribution in [0.1, 0.15) is 24.1 Å². The standard InChI is InChI=1S/C17H19N3O/c1-12(13-7-9-18-10-8-13)20(2)17(21)16-11-14-5-3-4-6-15(14)19-16/h3-10,12,16,19H,11H2,1-2H3/t12?,16-/m0/s1. The van der Waals surface area contributed by atoms with E-state index in [1.807, 2.05) is 44.3 Å². The molecule has 1 amide bonds. The summed E-state index contributed by atoms with van der Waals surface area (Å²) in [5.41, 5.74) is 3.37. The summed E-state index contributed by atoms with van der Waals surface area (Å²) in [5, 5.41) is 3.32. The first-order chi connectivity index (χ1) is 10.2. The number of fused-ring (bicyclic) bond motifs is 1. The van der Waals surface area contributed by atoms with Crippen molar-refractivity contribution in [1.82, 2.24) is 9.88 Å². The molecule has 1 aromatic carbocycles. The van der Waals surface area contributed by atoms with Crippen LogP contribution in [0.3, 0.4) is 0 Å². The first-order valence-corrected chi connectivity index (χ1v) is 7.18. The molecule has 1 unspecified atom stereocenters. The van der Waals surface area contributed by atoms with Crippen LogP contribution in [-0.4, -0.2) is 28.9 Å². The second-order valence-corrected chi connectivity index (χ2v) is 5.46. The van der Waals surface area contributed by atoms with Gasteiger partial charge in [0.1, 0.15) is 6.04 Å². The first-order valence-electron chi connectivity index (χ1n) is 7.18. The van der Waals surface area contributed by atoms with Crippen LogP contribution in [0.4, 0.5) is 5.69 Å². The monoisotopic (exact) mass is 281 g/mol. The van der Waals surface area contributed by atoms with Gasteiger partial charge in [-0.25, -0.2) is 0 Å². The topological polar surface area (TPSA) is 45.2 Å². The fourth-order valence-corrected chi connectivity index (χ4v) is 2.75. The van der Waals surface area contributed by atoms with Crippen LogP contribution in [0.25, 0.3) is 0 Å². The van der Waals surface area contributed by atoms with Gasteiger partial charge in [0.25, 0.3) is 0 Å². The van der Waals surface area contributed by atoms with Crippen LogP contribution >= 0.6 is 0 Å². The van der Waals surface area contributed by atoms with Gasteiger partial charge < -0.3 is 10.2 Å². The molecule has 3 rings (SSSR count). The lowest BCUT2D eigenvalue weighted by Crippen LogP contribution is -2.41. The Morgan fingerprint density at radius 1 is 1.29 bits per heavy atom. The van der Waals surface area contributed by atoms with Gasteiger partial charge in [0.15, 0.2) is 0 Å². The van der Waals surface area contributed by atoms with Crippen molar-refractivity contribution in [2.24, 2.45) is 0 Å². The van der Waals surface area contributed by atoms with Crippen molar-refractivity contribution in [2.75, 3.05) is 12.4 Å². The second kappa shape index (κ2) is 5.56. The molecule has 2 aromatic rings. The number of pyridine rings is 1. The van der Waals surface area contributed by atoms with E-state index in [1.165, 1.54) is 5.56 Å². The number of benzene rings is 1. The van der Waals surface area contributed by atoms with Gasteiger partial charge in [0, 0.05) is 31.5 Å². The van der Waals surface area contributed by atoms with Gasteiger partial charge in [0.05, 0.1) is 6.04 Å². The van der Waals surface area contributed by atoms with Crippen LogP contribution in [0, 0.1) is 0 Å². The summed E-state index contributed by atoms with van der Waals surface area (Å²) in [6.07, 6.45) is 4.27. The average Bonchev–Trinajstić information content (AvgIpc) is 2.97. The number of rotatable bonds is 3. The third kappa shape index (κ3) is 2.61. The summed E-state index contributed by atoms with van der Waals surface area (Å²) in [4.78, 5) is 18.5. The van der Waals surface area contributed by atoms with E-state index in [-0.39, 0.29) is 18.0 Å². The zero-order valence-corrected chi connectivity index (χ0v) is 12.3. The molecule has 0 saturated carbocycles. The van der Waals surface area contributed by atoms with Crippen molar-refractivity contribution in [1.29, 1.82) is 0 Å². The maximum atomic E-state index is 12.7. The lowest BCUT2D eigenvalue weighted by molar-refractivity contribution is -0.132. The minimum atomic E-state index is -0.170. The normalized spacial score (nSPS) is 17.7. The zero-order chi connectivity index (χ0) is 14.8. The maximum absolute atomic E-state index is 12.7. The first kappa shape index (κ1) is 13.6. The molecule has 1 aliphatic heterocycles. The Kier molecular flexibility index (Phi) is 3.60. The predicted octanol–water partition coefficient (Wildman–Crippen LogP) is 2.64. The molecule has 0 spiro atoms. The molecule has 108 valence electrons. The molecule has 0 radical (unpaired) electrons. The summed E-state index contributed by atoms with van der Waals surface area (Å²) < 4.78 is 0. The molecule has 0 bridgehead atoms. The molecule has 1 aromatic heterocycles. The van der Waals surface area contributed by atoms with Crippen molar-refractivity contribution < 1.29 is 4.79 Å². The molecule has 0 fully saturated rings. The number of hydrogen-bond donors (Lipinski definition) is 1. The van der Waals surface area contributed by atoms with Crippen molar-refractivity contribution in [2.45, 2.75) is 25.4 Å². The Morgan fingerprint density at radius 2 is 2.00 bits per heavy atom. The van der Waals surface area contributed by atoms with Gasteiger partial charge in [-0.05, 0) is 36.2 Å². The molecular formula is C17H19N3O. The minimum Gasteiger partial charge on any atom is -0.373 e. The fourth-order valence-electron chi connectivity index (χ4n) is 2.75. The molecule has 1 aliphatic rings. The summed E-state index contributed by atoms with van der Waals surface area (Å²) in [6, 6.07) is 11.9. The number of para-hydroxylation sites is 1. The molecule has 2 heterocycles. The van der Waals surface area contributed by atoms with E-state index < -0.39 is 0 Å². The van der Waals surface area contributed by atoms with Crippen LogP contribution in [0.15, 0.2) is 48.8 Å². The number of amides is 1. The van der Waals surface area contributed by atoms with E-state index in [4.69, 9.17) is 0 Å². The van der Waals surface area contributed by atoms with Crippen LogP contribution in [0.5, 0.6) is 0 Å². The largest absolute Gasteiger partial charge is 0.373 e. The maximum Gasteiger partial charge on any atom is 0.245 e. The lowest BCUT2D eigenvalue weighted by atomic mass is 10.1. The molecule has 21 heavy (non-hydrogen) atoms. The van der Waals surface area contributed by atoms with E-state index in [9.17, 15) is 4.79 Å². The Balaban J connectivity index is 1.72. The smallest absolute Gasteiger partial charge is 0.245 e. The van der Waals surface area contributed by atoms with E-state index in [0.717, 1.165) is 17.7 Å². The molecule has 1 N–H and O–H groups in total. The predicted molar refractivity (Wildman–Crippen MR) is 83.0 cm³/mol. The van der Waals surface area contributed by atoms with Gasteiger partial charge in [-0.3, -0.25) is 9.78 Å². The van der Waals surface area contributed by atoms with Gasteiger partial charge in [0.2, 0.25) is 5.91 Å². The van der Waals surface area contributed by atoms with Crippen molar-refractivity contribution in [3.05, 3.63) is 59.9 Å². The second-order valence-electron chi connectivity index (χ2n) is 5.46. The minimum absolute atomic E-state index is 0.0333. The molecular weight excluding hydrogens is 262 g/mol. The molecule has 0 aliphatic carbocycles. The number of nitrogens with zero attached hydrogens (tertiary/aromatic N) is 2. The highest BCUT2D eigenvalue weighted by Crippen LogP contribution is 2.27. The summed E-state index contributed by atoms with van der Waals surface area (Å²) in [6.45, 7) is 2.04. The zero-order valence-electron chi connectivity index (χ0n) is 12.3. The van der Waals surface area contributed by atoms with Crippen LogP contribution in [0.2, 0.25) is 0 Å². The summed E-state index contributed by atoms with van der Waals surface area (Å²) in [5.74, 6) is 0.121. The molecule has 0 saturated heterocycles. The Bertz CT molecular complexity index is 616. The number of carbonyl (C=O) groups is 1. The van der Waals surface area contributed by atoms with Crippen molar-refractivity contribution in [3.63, 3.8) is 0 Å². The third-order valence-electron chi connectivity index (χ3n) is 4.19. The number of hydrogen-bond acceptors (Lipinski definition) is 3. The highest BCUT2D eigenvalue weighted by molar-refractivity contribution is 5.87. The van der Waals surface area contributed by atoms with Crippen molar-refractivity contribution in [3.8, 4) is 0 Å². The Hall–Kier alpha value is -2.36. The van der Waals surface area contributed by atoms with E-state index >= 15 is 0 Å². The third-order valence-corrected chi connectivity index (χ3v) is 4.19.